The van der Waals surface area contributed by atoms with Gasteiger partial charge in [0, 0.05) is 35.5 Å². The van der Waals surface area contributed by atoms with Crippen molar-refractivity contribution in [1.82, 2.24) is 14.8 Å². The van der Waals surface area contributed by atoms with Crippen molar-refractivity contribution in [2.45, 2.75) is 50.6 Å². The molecule has 0 bridgehead atoms. The average Bonchev–Trinajstić information content (AvgIpc) is 3.17. The first kappa shape index (κ1) is 19.2. The molecule has 1 saturated heterocycles. The van der Waals surface area contributed by atoms with Crippen LogP contribution in [0.3, 0.4) is 0 Å². The van der Waals surface area contributed by atoms with Crippen LogP contribution in [-0.4, -0.2) is 58.8 Å². The van der Waals surface area contributed by atoms with E-state index in [1.807, 2.05) is 24.3 Å². The fourth-order valence-electron chi connectivity index (χ4n) is 5.53. The Kier molecular flexibility index (Phi) is 4.76. The van der Waals surface area contributed by atoms with Gasteiger partial charge in [-0.05, 0) is 24.5 Å². The molecule has 1 N–H and O–H groups in total. The summed E-state index contributed by atoms with van der Waals surface area (Å²) in [5, 5.41) is 1.06. The van der Waals surface area contributed by atoms with Gasteiger partial charge in [0.25, 0.3) is 0 Å². The van der Waals surface area contributed by atoms with Crippen LogP contribution in [0.15, 0.2) is 24.3 Å². The summed E-state index contributed by atoms with van der Waals surface area (Å²) in [6.45, 7) is 0.448. The molecule has 1 aliphatic carbocycles. The summed E-state index contributed by atoms with van der Waals surface area (Å²) in [6.07, 6.45) is 5.55. The van der Waals surface area contributed by atoms with Crippen LogP contribution in [0.1, 0.15) is 49.4 Å². The number of aromatic amines is 1. The summed E-state index contributed by atoms with van der Waals surface area (Å²) in [5.41, 5.74) is 2.96. The second-order valence-electron chi connectivity index (χ2n) is 8.68. The molecule has 7 heteroatoms. The molecule has 0 unspecified atom stereocenters. The Morgan fingerprint density at radius 1 is 1.13 bits per heavy atom. The largest absolute Gasteiger partial charge is 0.467 e. The highest BCUT2D eigenvalue weighted by Gasteiger charge is 2.47. The predicted molar refractivity (Wildman–Crippen MR) is 111 cm³/mol. The molecule has 7 nitrogen and oxygen atoms in total. The third-order valence-corrected chi connectivity index (χ3v) is 7.00. The maximum atomic E-state index is 13.2. The maximum absolute atomic E-state index is 13.2. The Balaban J connectivity index is 1.53. The number of hydrogen-bond donors (Lipinski definition) is 1. The fourth-order valence-corrected chi connectivity index (χ4v) is 5.53. The molecule has 0 radical (unpaired) electrons. The van der Waals surface area contributed by atoms with Crippen molar-refractivity contribution in [3.63, 3.8) is 0 Å². The van der Waals surface area contributed by atoms with Crippen LogP contribution in [0.5, 0.6) is 0 Å². The molecule has 158 valence electrons. The zero-order chi connectivity index (χ0) is 20.8. The van der Waals surface area contributed by atoms with Crippen LogP contribution in [0.2, 0.25) is 0 Å². The Bertz CT molecular complexity index is 1010. The number of aromatic nitrogens is 1. The van der Waals surface area contributed by atoms with E-state index in [0.717, 1.165) is 47.8 Å². The van der Waals surface area contributed by atoms with Crippen LogP contribution in [-0.2, 0) is 25.5 Å². The van der Waals surface area contributed by atoms with Gasteiger partial charge in [-0.2, -0.15) is 0 Å². The molecule has 3 heterocycles. The van der Waals surface area contributed by atoms with Gasteiger partial charge in [0.2, 0.25) is 11.8 Å². The number of ether oxygens (including phenoxy) is 1. The highest BCUT2D eigenvalue weighted by Crippen LogP contribution is 2.40. The Hall–Kier alpha value is -2.83. The number of fused-ring (bicyclic) bond motifs is 5. The molecule has 2 fully saturated rings. The SMILES string of the molecule is COC(=O)[C@H]1Cc2c([nH]c3ccccc23)[C@H]2CN(C(=O)C3CCCCC3)CC(=O)N12. The van der Waals surface area contributed by atoms with Gasteiger partial charge in [-0.15, -0.1) is 0 Å². The van der Waals surface area contributed by atoms with Gasteiger partial charge in [-0.25, -0.2) is 4.79 Å². The smallest absolute Gasteiger partial charge is 0.328 e. The number of rotatable bonds is 2. The van der Waals surface area contributed by atoms with E-state index in [1.54, 1.807) is 9.80 Å². The molecule has 5 rings (SSSR count). The van der Waals surface area contributed by atoms with Gasteiger partial charge in [0.05, 0.1) is 19.7 Å². The van der Waals surface area contributed by atoms with Crippen molar-refractivity contribution in [3.8, 4) is 0 Å². The molecule has 2 aromatic rings. The second-order valence-corrected chi connectivity index (χ2v) is 8.68. The number of para-hydroxylation sites is 1. The molecule has 2 atom stereocenters. The first-order chi connectivity index (χ1) is 14.6. The number of nitrogens with one attached hydrogen (secondary N) is 1. The van der Waals surface area contributed by atoms with Crippen LogP contribution in [0.4, 0.5) is 0 Å². The zero-order valence-corrected chi connectivity index (χ0v) is 17.2. The van der Waals surface area contributed by atoms with Gasteiger partial charge >= 0.3 is 5.97 Å². The van der Waals surface area contributed by atoms with Crippen molar-refractivity contribution >= 4 is 28.7 Å². The summed E-state index contributed by atoms with van der Waals surface area (Å²) in [6, 6.07) is 6.95. The molecule has 3 aliphatic rings. The number of methoxy groups -OCH3 is 1. The number of H-pyrrole nitrogens is 1. The minimum atomic E-state index is -0.661. The molecular formula is C23H27N3O4. The Morgan fingerprint density at radius 3 is 2.67 bits per heavy atom. The highest BCUT2D eigenvalue weighted by molar-refractivity contribution is 5.93. The highest BCUT2D eigenvalue weighted by atomic mass is 16.5. The first-order valence-electron chi connectivity index (χ1n) is 10.9. The van der Waals surface area contributed by atoms with Crippen LogP contribution >= 0.6 is 0 Å². The van der Waals surface area contributed by atoms with Gasteiger partial charge < -0.3 is 19.5 Å². The molecule has 2 amide bonds. The van der Waals surface area contributed by atoms with E-state index in [9.17, 15) is 14.4 Å². The van der Waals surface area contributed by atoms with Crippen molar-refractivity contribution < 1.29 is 19.1 Å². The van der Waals surface area contributed by atoms with E-state index in [0.29, 0.717) is 13.0 Å². The minimum Gasteiger partial charge on any atom is -0.467 e. The third-order valence-electron chi connectivity index (χ3n) is 7.00. The van der Waals surface area contributed by atoms with Crippen molar-refractivity contribution in [2.24, 2.45) is 5.92 Å². The van der Waals surface area contributed by atoms with E-state index < -0.39 is 12.0 Å². The predicted octanol–water partition coefficient (Wildman–Crippen LogP) is 2.56. The van der Waals surface area contributed by atoms with Crippen molar-refractivity contribution in [2.75, 3.05) is 20.2 Å². The van der Waals surface area contributed by atoms with E-state index in [1.165, 1.54) is 13.5 Å². The lowest BCUT2D eigenvalue weighted by atomic mass is 9.86. The number of nitrogens with zero attached hydrogens (tertiary/aromatic N) is 2. The zero-order valence-electron chi connectivity index (χ0n) is 17.2. The van der Waals surface area contributed by atoms with Gasteiger partial charge in [0.15, 0.2) is 0 Å². The van der Waals surface area contributed by atoms with E-state index in [2.05, 4.69) is 4.98 Å². The van der Waals surface area contributed by atoms with Gasteiger partial charge in [-0.1, -0.05) is 37.5 Å². The number of carbonyl (C=O) groups excluding carboxylic acids is 3. The Morgan fingerprint density at radius 2 is 1.90 bits per heavy atom. The van der Waals surface area contributed by atoms with E-state index >= 15 is 0 Å². The molecule has 1 aromatic carbocycles. The summed E-state index contributed by atoms with van der Waals surface area (Å²) >= 11 is 0. The molecule has 1 aromatic heterocycles. The molecule has 30 heavy (non-hydrogen) atoms. The lowest BCUT2D eigenvalue weighted by Gasteiger charge is -2.47. The number of hydrogen-bond acceptors (Lipinski definition) is 4. The molecule has 1 saturated carbocycles. The molecular weight excluding hydrogens is 382 g/mol. The van der Waals surface area contributed by atoms with Crippen LogP contribution in [0, 0.1) is 5.92 Å². The standard InChI is InChI=1S/C23H27N3O4/c1-30-23(29)18-11-16-15-9-5-6-10-17(15)24-21(16)19-12-25(13-20(27)26(18)19)22(28)14-7-3-2-4-8-14/h5-6,9-10,14,18-19,24H,2-4,7-8,11-13H2,1H3/t18-,19-/m1/s1. The number of carbonyl (C=O) groups is 3. The van der Waals surface area contributed by atoms with Crippen LogP contribution in [0.25, 0.3) is 10.9 Å². The number of benzene rings is 1. The van der Waals surface area contributed by atoms with Gasteiger partial charge in [-0.3, -0.25) is 9.59 Å². The topological polar surface area (TPSA) is 82.7 Å². The van der Waals surface area contributed by atoms with Crippen molar-refractivity contribution in [3.05, 3.63) is 35.5 Å². The normalized spacial score (nSPS) is 24.5. The summed E-state index contributed by atoms with van der Waals surface area (Å²) in [4.78, 5) is 45.8. The third kappa shape index (κ3) is 2.99. The monoisotopic (exact) mass is 409 g/mol. The van der Waals surface area contributed by atoms with Crippen LogP contribution < -0.4 is 0 Å². The molecule has 2 aliphatic heterocycles. The number of amides is 2. The lowest BCUT2D eigenvalue weighted by Crippen LogP contribution is -2.61. The van der Waals surface area contributed by atoms with E-state index in [-0.39, 0.29) is 30.3 Å². The van der Waals surface area contributed by atoms with Crippen molar-refractivity contribution in [1.29, 1.82) is 0 Å². The second kappa shape index (κ2) is 7.45. The number of esters is 1. The maximum Gasteiger partial charge on any atom is 0.328 e. The quantitative estimate of drug-likeness (QED) is 0.773. The molecule has 0 spiro atoms. The summed E-state index contributed by atoms with van der Waals surface area (Å²) < 4.78 is 5.04. The van der Waals surface area contributed by atoms with Gasteiger partial charge in [0.1, 0.15) is 6.04 Å². The summed E-state index contributed by atoms with van der Waals surface area (Å²) in [7, 11) is 1.36. The minimum absolute atomic E-state index is 0.0141. The summed E-state index contributed by atoms with van der Waals surface area (Å²) in [5.74, 6) is -0.493. The lowest BCUT2D eigenvalue weighted by molar-refractivity contribution is -0.163. The average molecular weight is 409 g/mol. The first-order valence-corrected chi connectivity index (χ1v) is 10.9. The Labute approximate surface area is 175 Å². The van der Waals surface area contributed by atoms with E-state index in [4.69, 9.17) is 4.74 Å². The number of piperazine rings is 1. The fraction of sp³-hybridized carbons (Fsp3) is 0.522.